The van der Waals surface area contributed by atoms with Crippen molar-refractivity contribution >= 4 is 21.9 Å². The molecule has 0 N–H and O–H groups in total. The molecule has 1 aromatic rings. The summed E-state index contributed by atoms with van der Waals surface area (Å²) in [6, 6.07) is 2.54. The zero-order chi connectivity index (χ0) is 12.4. The van der Waals surface area contributed by atoms with Crippen molar-refractivity contribution < 1.29 is 0 Å². The number of hydrogen-bond acceptors (Lipinski definition) is 3. The van der Waals surface area contributed by atoms with E-state index in [9.17, 15) is 0 Å². The van der Waals surface area contributed by atoms with Crippen LogP contribution in [-0.4, -0.2) is 27.9 Å². The molecule has 0 aromatic carbocycles. The highest BCUT2D eigenvalue weighted by atomic mass is 79.9. The minimum absolute atomic E-state index is 0.518. The van der Waals surface area contributed by atoms with E-state index in [0.29, 0.717) is 10.9 Å². The molecule has 3 nitrogen and oxygen atoms in total. The Hall–Kier alpha value is -0.640. The maximum Gasteiger partial charge on any atom is 0.225 e. The molecule has 2 rings (SSSR count). The Morgan fingerprint density at radius 1 is 1.18 bits per heavy atom. The van der Waals surface area contributed by atoms with Crippen LogP contribution in [0.2, 0.25) is 0 Å². The van der Waals surface area contributed by atoms with Crippen LogP contribution in [0.15, 0.2) is 6.07 Å². The van der Waals surface area contributed by atoms with E-state index in [1.165, 1.54) is 25.7 Å². The fourth-order valence-corrected chi connectivity index (χ4v) is 3.46. The summed E-state index contributed by atoms with van der Waals surface area (Å²) in [5.74, 6) is 0.860. The summed E-state index contributed by atoms with van der Waals surface area (Å²) in [6.45, 7) is 4.05. The van der Waals surface area contributed by atoms with E-state index in [1.54, 1.807) is 0 Å². The molecule has 1 saturated carbocycles. The Kier molecular flexibility index (Phi) is 4.02. The van der Waals surface area contributed by atoms with Crippen molar-refractivity contribution in [3.05, 3.63) is 17.5 Å². The molecule has 0 spiro atoms. The SMILES string of the molecule is Cc1cc(C)nc(N(C)C2CCCCC2Br)n1. The van der Waals surface area contributed by atoms with Crippen LogP contribution in [0.3, 0.4) is 0 Å². The summed E-state index contributed by atoms with van der Waals surface area (Å²) in [5, 5.41) is 0. The number of aromatic nitrogens is 2. The second kappa shape index (κ2) is 5.34. The second-order valence-electron chi connectivity index (χ2n) is 4.93. The van der Waals surface area contributed by atoms with E-state index < -0.39 is 0 Å². The third-order valence-electron chi connectivity index (χ3n) is 3.43. The molecule has 17 heavy (non-hydrogen) atoms. The summed E-state index contributed by atoms with van der Waals surface area (Å²) in [6.07, 6.45) is 5.11. The summed E-state index contributed by atoms with van der Waals surface area (Å²) in [5.41, 5.74) is 2.09. The number of halogens is 1. The summed E-state index contributed by atoms with van der Waals surface area (Å²) >= 11 is 3.79. The number of aryl methyl sites for hydroxylation is 2. The van der Waals surface area contributed by atoms with Crippen molar-refractivity contribution in [2.75, 3.05) is 11.9 Å². The van der Waals surface area contributed by atoms with Crippen molar-refractivity contribution in [1.29, 1.82) is 0 Å². The van der Waals surface area contributed by atoms with E-state index in [4.69, 9.17) is 0 Å². The highest BCUT2D eigenvalue weighted by Crippen LogP contribution is 2.29. The quantitative estimate of drug-likeness (QED) is 0.785. The van der Waals surface area contributed by atoms with E-state index >= 15 is 0 Å². The van der Waals surface area contributed by atoms with Gasteiger partial charge in [-0.25, -0.2) is 9.97 Å². The van der Waals surface area contributed by atoms with Gasteiger partial charge in [-0.05, 0) is 32.8 Å². The minimum atomic E-state index is 0.518. The largest absolute Gasteiger partial charge is 0.340 e. The fourth-order valence-electron chi connectivity index (χ4n) is 2.52. The Balaban J connectivity index is 2.20. The molecule has 1 aliphatic rings. The maximum atomic E-state index is 4.54. The summed E-state index contributed by atoms with van der Waals surface area (Å²) in [7, 11) is 2.11. The average Bonchev–Trinajstić information content (AvgIpc) is 2.27. The van der Waals surface area contributed by atoms with Crippen LogP contribution in [0.25, 0.3) is 0 Å². The third kappa shape index (κ3) is 2.97. The molecule has 94 valence electrons. The van der Waals surface area contributed by atoms with E-state index in [-0.39, 0.29) is 0 Å². The normalized spacial score (nSPS) is 24.7. The van der Waals surface area contributed by atoms with Gasteiger partial charge in [-0.1, -0.05) is 28.8 Å². The summed E-state index contributed by atoms with van der Waals surface area (Å²) in [4.78, 5) is 11.9. The molecule has 0 bridgehead atoms. The molecule has 1 heterocycles. The molecule has 2 atom stereocenters. The van der Waals surface area contributed by atoms with Crippen molar-refractivity contribution in [3.8, 4) is 0 Å². The Labute approximate surface area is 112 Å². The zero-order valence-electron chi connectivity index (χ0n) is 10.8. The van der Waals surface area contributed by atoms with Crippen molar-refractivity contribution in [3.63, 3.8) is 0 Å². The van der Waals surface area contributed by atoms with E-state index in [1.807, 2.05) is 19.9 Å². The van der Waals surface area contributed by atoms with Crippen LogP contribution in [0.1, 0.15) is 37.1 Å². The molecular weight excluding hydrogens is 278 g/mol. The van der Waals surface area contributed by atoms with Gasteiger partial charge in [0.1, 0.15) is 0 Å². The van der Waals surface area contributed by atoms with Crippen LogP contribution in [0.4, 0.5) is 5.95 Å². The lowest BCUT2D eigenvalue weighted by Gasteiger charge is -2.35. The third-order valence-corrected chi connectivity index (χ3v) is 4.50. The monoisotopic (exact) mass is 297 g/mol. The highest BCUT2D eigenvalue weighted by molar-refractivity contribution is 9.09. The van der Waals surface area contributed by atoms with Crippen LogP contribution < -0.4 is 4.90 Å². The summed E-state index contributed by atoms with van der Waals surface area (Å²) < 4.78 is 0. The number of nitrogens with zero attached hydrogens (tertiary/aromatic N) is 3. The number of hydrogen-bond donors (Lipinski definition) is 0. The molecule has 1 aliphatic carbocycles. The van der Waals surface area contributed by atoms with Gasteiger partial charge in [0, 0.05) is 29.3 Å². The predicted octanol–water partition coefficient (Wildman–Crippen LogP) is 3.24. The molecular formula is C13H20BrN3. The van der Waals surface area contributed by atoms with Gasteiger partial charge in [0.15, 0.2) is 0 Å². The van der Waals surface area contributed by atoms with Crippen LogP contribution in [0.5, 0.6) is 0 Å². The highest BCUT2D eigenvalue weighted by Gasteiger charge is 2.27. The lowest BCUT2D eigenvalue weighted by atomic mass is 9.94. The fraction of sp³-hybridized carbons (Fsp3) is 0.692. The van der Waals surface area contributed by atoms with E-state index in [0.717, 1.165) is 17.3 Å². The molecule has 0 amide bonds. The van der Waals surface area contributed by atoms with Gasteiger partial charge < -0.3 is 4.90 Å². The Morgan fingerprint density at radius 3 is 2.35 bits per heavy atom. The molecule has 1 fully saturated rings. The first kappa shape index (κ1) is 12.8. The lowest BCUT2D eigenvalue weighted by Crippen LogP contribution is -2.41. The minimum Gasteiger partial charge on any atom is -0.340 e. The first-order chi connectivity index (χ1) is 8.08. The predicted molar refractivity (Wildman–Crippen MR) is 74.9 cm³/mol. The zero-order valence-corrected chi connectivity index (χ0v) is 12.4. The van der Waals surface area contributed by atoms with Crippen molar-refractivity contribution in [2.45, 2.75) is 50.4 Å². The lowest BCUT2D eigenvalue weighted by molar-refractivity contribution is 0.440. The van der Waals surface area contributed by atoms with Crippen LogP contribution >= 0.6 is 15.9 Å². The number of anilines is 1. The first-order valence-corrected chi connectivity index (χ1v) is 7.18. The van der Waals surface area contributed by atoms with Crippen LogP contribution in [0, 0.1) is 13.8 Å². The van der Waals surface area contributed by atoms with Crippen LogP contribution in [-0.2, 0) is 0 Å². The first-order valence-electron chi connectivity index (χ1n) is 6.27. The molecule has 0 aliphatic heterocycles. The smallest absolute Gasteiger partial charge is 0.225 e. The number of alkyl halides is 1. The molecule has 0 radical (unpaired) electrons. The maximum absolute atomic E-state index is 4.54. The van der Waals surface area contributed by atoms with Gasteiger partial charge in [-0.15, -0.1) is 0 Å². The van der Waals surface area contributed by atoms with Gasteiger partial charge >= 0.3 is 0 Å². The van der Waals surface area contributed by atoms with Gasteiger partial charge in [-0.3, -0.25) is 0 Å². The standard InChI is InChI=1S/C13H20BrN3/c1-9-8-10(2)16-13(15-9)17(3)12-7-5-4-6-11(12)14/h8,11-12H,4-7H2,1-3H3. The molecule has 1 aromatic heterocycles. The van der Waals surface area contributed by atoms with Crippen molar-refractivity contribution in [1.82, 2.24) is 9.97 Å². The molecule has 2 unspecified atom stereocenters. The Bertz CT molecular complexity index is 374. The van der Waals surface area contributed by atoms with Gasteiger partial charge in [0.2, 0.25) is 5.95 Å². The molecule has 4 heteroatoms. The number of rotatable bonds is 2. The van der Waals surface area contributed by atoms with Crippen molar-refractivity contribution in [2.24, 2.45) is 0 Å². The van der Waals surface area contributed by atoms with Gasteiger partial charge in [0.25, 0.3) is 0 Å². The topological polar surface area (TPSA) is 29.0 Å². The Morgan fingerprint density at radius 2 is 1.76 bits per heavy atom. The van der Waals surface area contributed by atoms with Gasteiger partial charge in [0.05, 0.1) is 0 Å². The second-order valence-corrected chi connectivity index (χ2v) is 6.11. The average molecular weight is 298 g/mol. The van der Waals surface area contributed by atoms with E-state index in [2.05, 4.69) is 37.8 Å². The molecule has 0 saturated heterocycles. The van der Waals surface area contributed by atoms with Gasteiger partial charge in [-0.2, -0.15) is 0 Å².